The molecule has 0 spiro atoms. The third-order valence-electron chi connectivity index (χ3n) is 5.02. The van der Waals surface area contributed by atoms with Crippen molar-refractivity contribution in [3.8, 4) is 0 Å². The van der Waals surface area contributed by atoms with Crippen molar-refractivity contribution in [1.82, 2.24) is 25.1 Å². The van der Waals surface area contributed by atoms with Gasteiger partial charge in [-0.05, 0) is 44.2 Å². The van der Waals surface area contributed by atoms with Gasteiger partial charge in [-0.2, -0.15) is 5.10 Å². The molecule has 4 rings (SSSR count). The van der Waals surface area contributed by atoms with Gasteiger partial charge >= 0.3 is 0 Å². The summed E-state index contributed by atoms with van der Waals surface area (Å²) in [6.45, 7) is 2.28. The molecule has 2 atom stereocenters. The van der Waals surface area contributed by atoms with E-state index in [0.29, 0.717) is 17.9 Å². The quantitative estimate of drug-likeness (QED) is 0.852. The zero-order valence-electron chi connectivity index (χ0n) is 14.7. The Labute approximate surface area is 152 Å². The number of nitrogens with one attached hydrogen (secondary N) is 2. The Morgan fingerprint density at radius 2 is 2.15 bits per heavy atom. The number of hydrogen-bond donors (Lipinski definition) is 2. The zero-order chi connectivity index (χ0) is 17.8. The largest absolute Gasteiger partial charge is 0.367 e. The second-order valence-electron chi connectivity index (χ2n) is 6.83. The van der Waals surface area contributed by atoms with Crippen LogP contribution >= 0.6 is 0 Å². The molecule has 2 aromatic heterocycles. The molecule has 2 N–H and O–H groups in total. The molecule has 1 amide bonds. The van der Waals surface area contributed by atoms with E-state index in [2.05, 4.69) is 25.5 Å². The standard InChI is InChI=1S/C18H24N6O2/c25-18(24-9-2-1-3-10-24)14-5-4-8-19-16(14)20-11-13-6-7-15(26-13)17-21-12-22-23-17/h4-5,8,12-13,15H,1-3,6-7,9-11H2,(H,19,20)(H,21,22,23)/t13-,15+/m1/s1. The van der Waals surface area contributed by atoms with Gasteiger partial charge in [0, 0.05) is 25.8 Å². The lowest BCUT2D eigenvalue weighted by atomic mass is 10.1. The van der Waals surface area contributed by atoms with E-state index in [1.54, 1.807) is 6.20 Å². The molecule has 8 nitrogen and oxygen atoms in total. The first-order chi connectivity index (χ1) is 12.8. The summed E-state index contributed by atoms with van der Waals surface area (Å²) >= 11 is 0. The van der Waals surface area contributed by atoms with Gasteiger partial charge in [-0.25, -0.2) is 9.97 Å². The van der Waals surface area contributed by atoms with Crippen molar-refractivity contribution < 1.29 is 9.53 Å². The van der Waals surface area contributed by atoms with Gasteiger partial charge in [0.25, 0.3) is 5.91 Å². The average Bonchev–Trinajstić information content (AvgIpc) is 3.38. The molecule has 0 unspecified atom stereocenters. The number of pyridine rings is 1. The van der Waals surface area contributed by atoms with E-state index in [4.69, 9.17) is 4.74 Å². The second-order valence-corrected chi connectivity index (χ2v) is 6.83. The third kappa shape index (κ3) is 3.70. The van der Waals surface area contributed by atoms with Crippen LogP contribution in [0.3, 0.4) is 0 Å². The Hall–Kier alpha value is -2.48. The zero-order valence-corrected chi connectivity index (χ0v) is 14.7. The summed E-state index contributed by atoms with van der Waals surface area (Å²) in [5.41, 5.74) is 0.638. The molecule has 2 aliphatic heterocycles. The van der Waals surface area contributed by atoms with E-state index in [1.807, 2.05) is 17.0 Å². The first kappa shape index (κ1) is 17.0. The number of hydrogen-bond acceptors (Lipinski definition) is 6. The number of ether oxygens (including phenoxy) is 1. The van der Waals surface area contributed by atoms with E-state index >= 15 is 0 Å². The maximum absolute atomic E-state index is 12.8. The number of aromatic nitrogens is 4. The molecule has 0 saturated carbocycles. The summed E-state index contributed by atoms with van der Waals surface area (Å²) in [7, 11) is 0. The number of likely N-dealkylation sites (tertiary alicyclic amines) is 1. The van der Waals surface area contributed by atoms with E-state index in [1.165, 1.54) is 12.7 Å². The lowest BCUT2D eigenvalue weighted by Crippen LogP contribution is -2.36. The van der Waals surface area contributed by atoms with Crippen molar-refractivity contribution in [3.05, 3.63) is 36.0 Å². The number of piperidine rings is 1. The predicted molar refractivity (Wildman–Crippen MR) is 95.7 cm³/mol. The van der Waals surface area contributed by atoms with Crippen LogP contribution in [0, 0.1) is 0 Å². The fraction of sp³-hybridized carbons (Fsp3) is 0.556. The van der Waals surface area contributed by atoms with Crippen LogP contribution in [0.5, 0.6) is 0 Å². The number of anilines is 1. The van der Waals surface area contributed by atoms with E-state index < -0.39 is 0 Å². The van der Waals surface area contributed by atoms with E-state index in [-0.39, 0.29) is 18.1 Å². The monoisotopic (exact) mass is 356 g/mol. The topological polar surface area (TPSA) is 96.0 Å². The fourth-order valence-corrected chi connectivity index (χ4v) is 3.62. The van der Waals surface area contributed by atoms with Gasteiger partial charge in [0.1, 0.15) is 18.2 Å². The molecule has 0 aliphatic carbocycles. The van der Waals surface area contributed by atoms with Gasteiger partial charge in [-0.15, -0.1) is 0 Å². The Bertz CT molecular complexity index is 729. The number of carbonyl (C=O) groups excluding carboxylic acids is 1. The normalized spacial score (nSPS) is 23.2. The highest BCUT2D eigenvalue weighted by molar-refractivity contribution is 5.98. The lowest BCUT2D eigenvalue weighted by molar-refractivity contribution is 0.0471. The van der Waals surface area contributed by atoms with Crippen molar-refractivity contribution in [2.75, 3.05) is 25.0 Å². The summed E-state index contributed by atoms with van der Waals surface area (Å²) in [4.78, 5) is 23.3. The first-order valence-electron chi connectivity index (χ1n) is 9.30. The molecule has 0 bridgehead atoms. The van der Waals surface area contributed by atoms with Gasteiger partial charge in [-0.3, -0.25) is 9.89 Å². The number of nitrogens with zero attached hydrogens (tertiary/aromatic N) is 4. The van der Waals surface area contributed by atoms with E-state index in [9.17, 15) is 4.79 Å². The van der Waals surface area contributed by atoms with Gasteiger partial charge in [0.15, 0.2) is 5.82 Å². The van der Waals surface area contributed by atoms with Gasteiger partial charge in [-0.1, -0.05) is 0 Å². The summed E-state index contributed by atoms with van der Waals surface area (Å²) in [6.07, 6.45) is 8.42. The second kappa shape index (κ2) is 7.82. The van der Waals surface area contributed by atoms with Crippen LogP contribution in [0.25, 0.3) is 0 Å². The van der Waals surface area contributed by atoms with Crippen molar-refractivity contribution in [3.63, 3.8) is 0 Å². The van der Waals surface area contributed by atoms with Gasteiger partial charge in [0.2, 0.25) is 0 Å². The molecule has 2 saturated heterocycles. The maximum Gasteiger partial charge on any atom is 0.257 e. The number of carbonyl (C=O) groups is 1. The third-order valence-corrected chi connectivity index (χ3v) is 5.02. The Morgan fingerprint density at radius 1 is 1.27 bits per heavy atom. The molecule has 138 valence electrons. The highest BCUT2D eigenvalue weighted by Gasteiger charge is 2.29. The minimum absolute atomic E-state index is 0.0394. The SMILES string of the molecule is O=C(c1cccnc1NC[C@H]1CC[C@@H](c2ncn[nH]2)O1)N1CCCCC1. The Kier molecular flexibility index (Phi) is 5.10. The average molecular weight is 356 g/mol. The van der Waals surface area contributed by atoms with Crippen LogP contribution in [0.2, 0.25) is 0 Å². The van der Waals surface area contributed by atoms with Crippen LogP contribution in [0.1, 0.15) is 54.4 Å². The molecule has 2 aromatic rings. The highest BCUT2D eigenvalue weighted by Crippen LogP contribution is 2.30. The summed E-state index contributed by atoms with van der Waals surface area (Å²) < 4.78 is 6.02. The summed E-state index contributed by atoms with van der Waals surface area (Å²) in [6, 6.07) is 3.66. The Morgan fingerprint density at radius 3 is 2.96 bits per heavy atom. The predicted octanol–water partition coefficient (Wildman–Crippen LogP) is 2.16. The van der Waals surface area contributed by atoms with Crippen LogP contribution in [0.4, 0.5) is 5.82 Å². The molecule has 2 fully saturated rings. The molecular weight excluding hydrogens is 332 g/mol. The van der Waals surface area contributed by atoms with Gasteiger partial charge in [0.05, 0.1) is 11.7 Å². The number of H-pyrrole nitrogens is 1. The summed E-state index contributed by atoms with van der Waals surface area (Å²) in [5.74, 6) is 1.47. The van der Waals surface area contributed by atoms with E-state index in [0.717, 1.165) is 44.6 Å². The van der Waals surface area contributed by atoms with Crippen LogP contribution < -0.4 is 5.32 Å². The van der Waals surface area contributed by atoms with Crippen molar-refractivity contribution in [2.45, 2.75) is 44.3 Å². The molecular formula is C18H24N6O2. The smallest absolute Gasteiger partial charge is 0.257 e. The Balaban J connectivity index is 1.37. The molecule has 0 aromatic carbocycles. The van der Waals surface area contributed by atoms with Gasteiger partial charge < -0.3 is 15.0 Å². The lowest BCUT2D eigenvalue weighted by Gasteiger charge is -2.27. The van der Waals surface area contributed by atoms with Crippen molar-refractivity contribution in [2.24, 2.45) is 0 Å². The molecule has 8 heteroatoms. The summed E-state index contributed by atoms with van der Waals surface area (Å²) in [5, 5.41) is 10.1. The molecule has 0 radical (unpaired) electrons. The first-order valence-corrected chi connectivity index (χ1v) is 9.30. The molecule has 26 heavy (non-hydrogen) atoms. The van der Waals surface area contributed by atoms with Crippen LogP contribution in [0.15, 0.2) is 24.7 Å². The van der Waals surface area contributed by atoms with Crippen molar-refractivity contribution >= 4 is 11.7 Å². The number of aromatic amines is 1. The van der Waals surface area contributed by atoms with Crippen molar-refractivity contribution in [1.29, 1.82) is 0 Å². The highest BCUT2D eigenvalue weighted by atomic mass is 16.5. The van der Waals surface area contributed by atoms with Crippen LogP contribution in [-0.2, 0) is 4.74 Å². The minimum atomic E-state index is -0.0394. The number of amides is 1. The minimum Gasteiger partial charge on any atom is -0.367 e. The van der Waals surface area contributed by atoms with Crippen LogP contribution in [-0.4, -0.2) is 56.7 Å². The number of rotatable bonds is 5. The maximum atomic E-state index is 12.8. The molecule has 4 heterocycles. The fourth-order valence-electron chi connectivity index (χ4n) is 3.62. The molecule has 2 aliphatic rings.